The van der Waals surface area contributed by atoms with Crippen molar-refractivity contribution in [1.29, 1.82) is 0 Å². The topological polar surface area (TPSA) is 89.1 Å². The van der Waals surface area contributed by atoms with Crippen molar-refractivity contribution in [3.8, 4) is 11.3 Å². The summed E-state index contributed by atoms with van der Waals surface area (Å²) >= 11 is 0. The highest BCUT2D eigenvalue weighted by atomic mass is 16.5. The Bertz CT molecular complexity index is 849. The van der Waals surface area contributed by atoms with Crippen molar-refractivity contribution >= 4 is 18.0 Å². The molecule has 1 atom stereocenters. The first-order chi connectivity index (χ1) is 12.1. The second-order valence-electron chi connectivity index (χ2n) is 5.66. The second kappa shape index (κ2) is 7.03. The SMILES string of the molecule is CCOC(=O)c1c(C)oc2c1[C@@H](C=NCCO)C(=O)c1ccccc1-2. The van der Waals surface area contributed by atoms with Gasteiger partial charge in [0, 0.05) is 22.9 Å². The lowest BCUT2D eigenvalue weighted by Gasteiger charge is -2.21. The Hall–Kier alpha value is -2.73. The van der Waals surface area contributed by atoms with Crippen LogP contribution in [0.15, 0.2) is 33.7 Å². The molecule has 0 bridgehead atoms. The number of aryl methyl sites for hydroxylation is 1. The number of fused-ring (bicyclic) bond motifs is 3. The van der Waals surface area contributed by atoms with Gasteiger partial charge in [-0.15, -0.1) is 0 Å². The third-order valence-electron chi connectivity index (χ3n) is 4.11. The zero-order chi connectivity index (χ0) is 18.0. The summed E-state index contributed by atoms with van der Waals surface area (Å²) < 4.78 is 11.0. The maximum Gasteiger partial charge on any atom is 0.342 e. The van der Waals surface area contributed by atoms with Crippen molar-refractivity contribution in [1.82, 2.24) is 0 Å². The fraction of sp³-hybridized carbons (Fsp3) is 0.316. The summed E-state index contributed by atoms with van der Waals surface area (Å²) in [5.74, 6) is -0.508. The molecule has 1 aromatic carbocycles. The van der Waals surface area contributed by atoms with Crippen LogP contribution in [0.4, 0.5) is 0 Å². The third kappa shape index (κ3) is 2.89. The van der Waals surface area contributed by atoms with E-state index in [2.05, 4.69) is 4.99 Å². The number of benzene rings is 1. The lowest BCUT2D eigenvalue weighted by Crippen LogP contribution is -2.22. The smallest absolute Gasteiger partial charge is 0.342 e. The fourth-order valence-corrected chi connectivity index (χ4v) is 3.09. The summed E-state index contributed by atoms with van der Waals surface area (Å²) in [6.07, 6.45) is 1.48. The zero-order valence-corrected chi connectivity index (χ0v) is 14.1. The molecule has 0 unspecified atom stereocenters. The minimum atomic E-state index is -0.742. The van der Waals surface area contributed by atoms with Crippen molar-refractivity contribution < 1.29 is 23.8 Å². The van der Waals surface area contributed by atoms with Gasteiger partial charge in [0.1, 0.15) is 17.1 Å². The lowest BCUT2D eigenvalue weighted by atomic mass is 9.80. The molecule has 1 aliphatic carbocycles. The van der Waals surface area contributed by atoms with Crippen molar-refractivity contribution in [3.05, 3.63) is 46.7 Å². The Kier molecular flexibility index (Phi) is 4.81. The Balaban J connectivity index is 2.22. The van der Waals surface area contributed by atoms with Gasteiger partial charge in [0.2, 0.25) is 0 Å². The van der Waals surface area contributed by atoms with Gasteiger partial charge in [0.25, 0.3) is 0 Å². The maximum absolute atomic E-state index is 13.0. The van der Waals surface area contributed by atoms with Crippen molar-refractivity contribution in [2.75, 3.05) is 19.8 Å². The molecule has 6 heteroatoms. The van der Waals surface area contributed by atoms with Gasteiger partial charge < -0.3 is 14.3 Å². The molecule has 0 spiro atoms. The molecular weight excluding hydrogens is 322 g/mol. The number of ketones is 1. The van der Waals surface area contributed by atoms with E-state index in [1.807, 2.05) is 6.07 Å². The first-order valence-corrected chi connectivity index (χ1v) is 8.15. The number of nitrogens with zero attached hydrogens (tertiary/aromatic N) is 1. The highest BCUT2D eigenvalue weighted by Crippen LogP contribution is 2.43. The van der Waals surface area contributed by atoms with Gasteiger partial charge in [-0.3, -0.25) is 9.79 Å². The lowest BCUT2D eigenvalue weighted by molar-refractivity contribution is 0.0523. The normalized spacial score (nSPS) is 16.0. The van der Waals surface area contributed by atoms with Gasteiger partial charge in [-0.1, -0.05) is 24.3 Å². The van der Waals surface area contributed by atoms with Crippen LogP contribution in [0, 0.1) is 6.92 Å². The quantitative estimate of drug-likeness (QED) is 0.667. The fourth-order valence-electron chi connectivity index (χ4n) is 3.09. The molecule has 0 radical (unpaired) electrons. The number of hydrogen-bond donors (Lipinski definition) is 1. The number of hydrogen-bond acceptors (Lipinski definition) is 6. The molecule has 0 saturated heterocycles. The summed E-state index contributed by atoms with van der Waals surface area (Å²) in [5, 5.41) is 8.94. The summed E-state index contributed by atoms with van der Waals surface area (Å²) in [5.41, 5.74) is 1.95. The monoisotopic (exact) mass is 341 g/mol. The number of rotatable bonds is 5. The molecule has 1 N–H and O–H groups in total. The number of ether oxygens (including phenoxy) is 1. The van der Waals surface area contributed by atoms with E-state index < -0.39 is 11.9 Å². The molecule has 1 aliphatic rings. The first-order valence-electron chi connectivity index (χ1n) is 8.15. The van der Waals surface area contributed by atoms with Crippen molar-refractivity contribution in [2.24, 2.45) is 4.99 Å². The highest BCUT2D eigenvalue weighted by Gasteiger charge is 2.39. The maximum atomic E-state index is 13.0. The van der Waals surface area contributed by atoms with Crippen LogP contribution in [0.25, 0.3) is 11.3 Å². The molecule has 25 heavy (non-hydrogen) atoms. The molecule has 2 aromatic rings. The number of furan rings is 1. The predicted molar refractivity (Wildman–Crippen MR) is 92.4 cm³/mol. The van der Waals surface area contributed by atoms with Gasteiger partial charge in [-0.05, 0) is 13.8 Å². The largest absolute Gasteiger partial charge is 0.462 e. The summed E-state index contributed by atoms with van der Waals surface area (Å²) in [6.45, 7) is 3.70. The number of carbonyl (C=O) groups excluding carboxylic acids is 2. The van der Waals surface area contributed by atoms with E-state index in [9.17, 15) is 9.59 Å². The van der Waals surface area contributed by atoms with E-state index >= 15 is 0 Å². The Morgan fingerprint density at radius 3 is 2.76 bits per heavy atom. The van der Waals surface area contributed by atoms with Crippen LogP contribution in [0.1, 0.15) is 44.9 Å². The first kappa shape index (κ1) is 17.1. The van der Waals surface area contributed by atoms with Gasteiger partial charge in [0.15, 0.2) is 5.78 Å². The molecule has 0 saturated carbocycles. The van der Waals surface area contributed by atoms with Crippen LogP contribution >= 0.6 is 0 Å². The van der Waals surface area contributed by atoms with Gasteiger partial charge in [-0.2, -0.15) is 0 Å². The molecule has 6 nitrogen and oxygen atoms in total. The number of Topliss-reactive ketones (excluding diaryl/α,β-unsaturated/α-hetero) is 1. The van der Waals surface area contributed by atoms with E-state index in [1.54, 1.807) is 32.0 Å². The molecule has 0 amide bonds. The molecule has 130 valence electrons. The predicted octanol–water partition coefficient (Wildman–Crippen LogP) is 2.77. The van der Waals surface area contributed by atoms with E-state index in [4.69, 9.17) is 14.3 Å². The van der Waals surface area contributed by atoms with Crippen LogP contribution < -0.4 is 0 Å². The molecule has 0 fully saturated rings. The standard InChI is InChI=1S/C19H19NO5/c1-3-24-19(23)15-11(2)25-18-13-7-5-4-6-12(13)17(22)14(16(15)18)10-20-8-9-21/h4-7,10,14,21H,3,8-9H2,1-2H3/t14-/m1/s1. The Labute approximate surface area is 145 Å². The average Bonchev–Trinajstić information content (AvgIpc) is 2.95. The van der Waals surface area contributed by atoms with E-state index in [0.717, 1.165) is 0 Å². The van der Waals surface area contributed by atoms with E-state index in [0.29, 0.717) is 28.2 Å². The molecule has 0 aliphatic heterocycles. The molecule has 1 aromatic heterocycles. The van der Waals surface area contributed by atoms with Gasteiger partial charge in [-0.25, -0.2) is 4.79 Å². The number of aliphatic hydroxyl groups excluding tert-OH is 1. The minimum Gasteiger partial charge on any atom is -0.462 e. The van der Waals surface area contributed by atoms with Crippen LogP contribution in [0.5, 0.6) is 0 Å². The van der Waals surface area contributed by atoms with Crippen molar-refractivity contribution in [2.45, 2.75) is 19.8 Å². The Morgan fingerprint density at radius 2 is 2.08 bits per heavy atom. The highest BCUT2D eigenvalue weighted by molar-refractivity contribution is 6.18. The van der Waals surface area contributed by atoms with Crippen LogP contribution in [0.3, 0.4) is 0 Å². The van der Waals surface area contributed by atoms with Gasteiger partial charge >= 0.3 is 5.97 Å². The minimum absolute atomic E-state index is 0.115. The Morgan fingerprint density at radius 1 is 1.36 bits per heavy atom. The van der Waals surface area contributed by atoms with Crippen molar-refractivity contribution in [3.63, 3.8) is 0 Å². The summed E-state index contributed by atoms with van der Waals surface area (Å²) in [7, 11) is 0. The third-order valence-corrected chi connectivity index (χ3v) is 4.11. The molecule has 1 heterocycles. The zero-order valence-electron chi connectivity index (χ0n) is 14.1. The van der Waals surface area contributed by atoms with Crippen LogP contribution in [-0.4, -0.2) is 42.8 Å². The molecule has 3 rings (SSSR count). The van der Waals surface area contributed by atoms with E-state index in [-0.39, 0.29) is 31.1 Å². The summed E-state index contributed by atoms with van der Waals surface area (Å²) in [4.78, 5) is 29.5. The number of carbonyl (C=O) groups is 2. The second-order valence-corrected chi connectivity index (χ2v) is 5.66. The van der Waals surface area contributed by atoms with Crippen LogP contribution in [0.2, 0.25) is 0 Å². The van der Waals surface area contributed by atoms with Crippen LogP contribution in [-0.2, 0) is 4.74 Å². The number of aliphatic hydroxyl groups is 1. The summed E-state index contributed by atoms with van der Waals surface area (Å²) in [6, 6.07) is 7.13. The number of esters is 1. The molecular formula is C19H19NO5. The average molecular weight is 341 g/mol. The van der Waals surface area contributed by atoms with Gasteiger partial charge in [0.05, 0.1) is 25.7 Å². The number of aliphatic imine (C=N–C) groups is 1. The van der Waals surface area contributed by atoms with E-state index in [1.165, 1.54) is 6.21 Å².